The number of ether oxygens (including phenoxy) is 1. The standard InChI is InChI=1S/C23H18ClF4NO2/c24-19-3-1-2-18(14-19)22(30)29(13-12-16-4-8-20(25)9-5-16)15-17-6-10-21(11-7-17)31-23(26,27)28/h1-11,14H,12-13,15H2. The van der Waals surface area contributed by atoms with Gasteiger partial charge in [-0.25, -0.2) is 4.39 Å². The van der Waals surface area contributed by atoms with Gasteiger partial charge in [-0.3, -0.25) is 4.79 Å². The molecule has 0 aliphatic carbocycles. The summed E-state index contributed by atoms with van der Waals surface area (Å²) in [5, 5.41) is 0.415. The number of hydrogen-bond donors (Lipinski definition) is 0. The Hall–Kier alpha value is -3.06. The van der Waals surface area contributed by atoms with E-state index in [9.17, 15) is 22.4 Å². The smallest absolute Gasteiger partial charge is 0.406 e. The van der Waals surface area contributed by atoms with Crippen LogP contribution in [0.2, 0.25) is 5.02 Å². The van der Waals surface area contributed by atoms with Crippen molar-refractivity contribution in [2.75, 3.05) is 6.54 Å². The molecule has 0 aliphatic rings. The van der Waals surface area contributed by atoms with Gasteiger partial charge in [-0.15, -0.1) is 13.2 Å². The molecule has 1 amide bonds. The summed E-state index contributed by atoms with van der Waals surface area (Å²) in [7, 11) is 0. The van der Waals surface area contributed by atoms with Gasteiger partial charge in [0.1, 0.15) is 11.6 Å². The molecule has 3 rings (SSSR count). The molecule has 0 atom stereocenters. The number of alkyl halides is 3. The first-order chi connectivity index (χ1) is 14.7. The molecule has 31 heavy (non-hydrogen) atoms. The third-order valence-corrected chi connectivity index (χ3v) is 4.71. The molecule has 8 heteroatoms. The summed E-state index contributed by atoms with van der Waals surface area (Å²) < 4.78 is 54.1. The Bertz CT molecular complexity index is 1020. The van der Waals surface area contributed by atoms with Crippen molar-refractivity contribution in [3.05, 3.63) is 100 Å². The Morgan fingerprint density at radius 2 is 1.58 bits per heavy atom. The Morgan fingerprint density at radius 3 is 2.19 bits per heavy atom. The number of benzene rings is 3. The van der Waals surface area contributed by atoms with Crippen LogP contribution in [0.3, 0.4) is 0 Å². The van der Waals surface area contributed by atoms with Gasteiger partial charge in [0.05, 0.1) is 0 Å². The van der Waals surface area contributed by atoms with E-state index in [-0.39, 0.29) is 24.0 Å². The fourth-order valence-electron chi connectivity index (χ4n) is 2.99. The lowest BCUT2D eigenvalue weighted by molar-refractivity contribution is -0.274. The zero-order chi connectivity index (χ0) is 22.4. The first-order valence-corrected chi connectivity index (χ1v) is 9.71. The van der Waals surface area contributed by atoms with Gasteiger partial charge in [-0.2, -0.15) is 0 Å². The predicted molar refractivity (Wildman–Crippen MR) is 109 cm³/mol. The highest BCUT2D eigenvalue weighted by Crippen LogP contribution is 2.23. The molecule has 3 aromatic carbocycles. The molecule has 0 saturated carbocycles. The van der Waals surface area contributed by atoms with Crippen LogP contribution >= 0.6 is 11.6 Å². The van der Waals surface area contributed by atoms with Crippen molar-refractivity contribution in [2.45, 2.75) is 19.3 Å². The largest absolute Gasteiger partial charge is 0.573 e. The molecule has 0 unspecified atom stereocenters. The van der Waals surface area contributed by atoms with Crippen LogP contribution in [0.5, 0.6) is 5.75 Å². The Labute approximate surface area is 181 Å². The van der Waals surface area contributed by atoms with Crippen molar-refractivity contribution in [2.24, 2.45) is 0 Å². The lowest BCUT2D eigenvalue weighted by atomic mass is 10.1. The van der Waals surface area contributed by atoms with E-state index in [4.69, 9.17) is 11.6 Å². The average Bonchev–Trinajstić information content (AvgIpc) is 2.72. The van der Waals surface area contributed by atoms with Crippen LogP contribution in [0.25, 0.3) is 0 Å². The Morgan fingerprint density at radius 1 is 0.935 bits per heavy atom. The van der Waals surface area contributed by atoms with E-state index in [1.54, 1.807) is 41.3 Å². The molecule has 0 spiro atoms. The second-order valence-corrected chi connectivity index (χ2v) is 7.24. The maximum Gasteiger partial charge on any atom is 0.573 e. The highest BCUT2D eigenvalue weighted by molar-refractivity contribution is 6.30. The first kappa shape index (κ1) is 22.6. The molecule has 0 N–H and O–H groups in total. The van der Waals surface area contributed by atoms with Crippen LogP contribution in [0.1, 0.15) is 21.5 Å². The second kappa shape index (κ2) is 9.83. The molecule has 3 nitrogen and oxygen atoms in total. The van der Waals surface area contributed by atoms with Crippen molar-refractivity contribution < 1.29 is 27.1 Å². The van der Waals surface area contributed by atoms with Gasteiger partial charge in [-0.1, -0.05) is 41.9 Å². The zero-order valence-corrected chi connectivity index (χ0v) is 17.0. The molecule has 0 aromatic heterocycles. The van der Waals surface area contributed by atoms with Crippen LogP contribution in [-0.4, -0.2) is 23.7 Å². The summed E-state index contributed by atoms with van der Waals surface area (Å²) in [6.45, 7) is 0.483. The van der Waals surface area contributed by atoms with Gasteiger partial charge < -0.3 is 9.64 Å². The van der Waals surface area contributed by atoms with Gasteiger partial charge in [0, 0.05) is 23.7 Å². The monoisotopic (exact) mass is 451 g/mol. The lowest BCUT2D eigenvalue weighted by Gasteiger charge is -2.23. The topological polar surface area (TPSA) is 29.5 Å². The summed E-state index contributed by atoms with van der Waals surface area (Å²) in [6.07, 6.45) is -4.30. The van der Waals surface area contributed by atoms with Crippen LogP contribution in [-0.2, 0) is 13.0 Å². The van der Waals surface area contributed by atoms with Gasteiger partial charge in [0.25, 0.3) is 5.91 Å². The minimum atomic E-state index is -4.77. The van der Waals surface area contributed by atoms with E-state index in [1.165, 1.54) is 36.4 Å². The van der Waals surface area contributed by atoms with Crippen LogP contribution < -0.4 is 4.74 Å². The summed E-state index contributed by atoms with van der Waals surface area (Å²) in [5.74, 6) is -0.965. The zero-order valence-electron chi connectivity index (χ0n) is 16.2. The molecular formula is C23H18ClF4NO2. The lowest BCUT2D eigenvalue weighted by Crippen LogP contribution is -2.32. The van der Waals surface area contributed by atoms with E-state index in [2.05, 4.69) is 4.74 Å². The van der Waals surface area contributed by atoms with Crippen molar-refractivity contribution >= 4 is 17.5 Å². The fourth-order valence-corrected chi connectivity index (χ4v) is 3.18. The minimum absolute atomic E-state index is 0.166. The molecule has 0 bridgehead atoms. The van der Waals surface area contributed by atoms with Gasteiger partial charge >= 0.3 is 6.36 Å². The van der Waals surface area contributed by atoms with Crippen molar-refractivity contribution in [1.82, 2.24) is 4.90 Å². The summed E-state index contributed by atoms with van der Waals surface area (Å²) in [6, 6.07) is 17.8. The van der Waals surface area contributed by atoms with E-state index >= 15 is 0 Å². The number of carbonyl (C=O) groups is 1. The normalized spacial score (nSPS) is 11.3. The number of halogens is 5. The predicted octanol–water partition coefficient (Wildman–Crippen LogP) is 6.26. The van der Waals surface area contributed by atoms with Gasteiger partial charge in [0.15, 0.2) is 0 Å². The molecule has 0 fully saturated rings. The molecule has 0 aliphatic heterocycles. The minimum Gasteiger partial charge on any atom is -0.406 e. The summed E-state index contributed by atoms with van der Waals surface area (Å²) >= 11 is 6.00. The van der Waals surface area contributed by atoms with Gasteiger partial charge in [0.2, 0.25) is 0 Å². The SMILES string of the molecule is O=C(c1cccc(Cl)c1)N(CCc1ccc(F)cc1)Cc1ccc(OC(F)(F)F)cc1. The van der Waals surface area contributed by atoms with Crippen molar-refractivity contribution in [3.63, 3.8) is 0 Å². The van der Waals surface area contributed by atoms with E-state index in [1.807, 2.05) is 0 Å². The summed E-state index contributed by atoms with van der Waals surface area (Å²) in [5.41, 5.74) is 1.87. The third-order valence-electron chi connectivity index (χ3n) is 4.47. The fraction of sp³-hybridized carbons (Fsp3) is 0.174. The Balaban J connectivity index is 1.77. The van der Waals surface area contributed by atoms with Gasteiger partial charge in [-0.05, 0) is 60.0 Å². The Kier molecular flexibility index (Phi) is 7.17. The first-order valence-electron chi connectivity index (χ1n) is 9.33. The summed E-state index contributed by atoms with van der Waals surface area (Å²) in [4.78, 5) is 14.6. The number of carbonyl (C=O) groups excluding carboxylic acids is 1. The average molecular weight is 452 g/mol. The molecule has 0 radical (unpaired) electrons. The number of rotatable bonds is 7. The van der Waals surface area contributed by atoms with Crippen molar-refractivity contribution in [1.29, 1.82) is 0 Å². The highest BCUT2D eigenvalue weighted by Gasteiger charge is 2.31. The maximum absolute atomic E-state index is 13.1. The molecular weight excluding hydrogens is 434 g/mol. The van der Waals surface area contributed by atoms with Crippen LogP contribution in [0.4, 0.5) is 17.6 Å². The van der Waals surface area contributed by atoms with Crippen molar-refractivity contribution in [3.8, 4) is 5.75 Å². The number of hydrogen-bond acceptors (Lipinski definition) is 2. The van der Waals surface area contributed by atoms with E-state index in [0.29, 0.717) is 29.1 Å². The molecule has 0 saturated heterocycles. The molecule has 3 aromatic rings. The second-order valence-electron chi connectivity index (χ2n) is 6.81. The van der Waals surface area contributed by atoms with Crippen LogP contribution in [0, 0.1) is 5.82 Å². The van der Waals surface area contributed by atoms with E-state index < -0.39 is 6.36 Å². The van der Waals surface area contributed by atoms with Crippen LogP contribution in [0.15, 0.2) is 72.8 Å². The quantitative estimate of drug-likeness (QED) is 0.397. The molecule has 0 heterocycles. The maximum atomic E-state index is 13.1. The number of amides is 1. The highest BCUT2D eigenvalue weighted by atomic mass is 35.5. The number of nitrogens with zero attached hydrogens (tertiary/aromatic N) is 1. The van der Waals surface area contributed by atoms with E-state index in [0.717, 1.165) is 5.56 Å². The third kappa shape index (κ3) is 7.00. The molecule has 162 valence electrons.